The third-order valence-corrected chi connectivity index (χ3v) is 5.10. The molecule has 0 aliphatic heterocycles. The first-order valence-corrected chi connectivity index (χ1v) is 7.67. The Morgan fingerprint density at radius 3 is 2.61 bits per heavy atom. The van der Waals surface area contributed by atoms with Gasteiger partial charge in [0.2, 0.25) is 0 Å². The summed E-state index contributed by atoms with van der Waals surface area (Å²) in [6.45, 7) is 1.91. The lowest BCUT2D eigenvalue weighted by Crippen LogP contribution is -2.01. The number of hydrogen-bond acceptors (Lipinski definition) is 2. The molecule has 2 nitrogen and oxygen atoms in total. The Morgan fingerprint density at radius 2 is 1.89 bits per heavy atom. The lowest BCUT2D eigenvalue weighted by atomic mass is 10.2. The molecule has 0 saturated carbocycles. The lowest BCUT2D eigenvalue weighted by Gasteiger charge is -2.09. The van der Waals surface area contributed by atoms with Crippen LogP contribution in [0.1, 0.15) is 11.1 Å². The van der Waals surface area contributed by atoms with E-state index < -0.39 is 10.8 Å². The Kier molecular flexibility index (Phi) is 4.19. The van der Waals surface area contributed by atoms with Crippen molar-refractivity contribution in [2.45, 2.75) is 17.6 Å². The SMILES string of the molecule is Cc1c(N)cccc1S(=O)Cc1ccccc1Br. The van der Waals surface area contributed by atoms with Crippen molar-refractivity contribution in [2.24, 2.45) is 0 Å². The largest absolute Gasteiger partial charge is 0.398 e. The predicted octanol–water partition coefficient (Wildman–Crippen LogP) is 3.65. The number of anilines is 1. The monoisotopic (exact) mass is 323 g/mol. The van der Waals surface area contributed by atoms with Crippen molar-refractivity contribution in [3.63, 3.8) is 0 Å². The van der Waals surface area contributed by atoms with E-state index in [1.165, 1.54) is 0 Å². The fourth-order valence-corrected chi connectivity index (χ4v) is 3.70. The Balaban J connectivity index is 2.28. The van der Waals surface area contributed by atoms with Crippen molar-refractivity contribution in [3.8, 4) is 0 Å². The summed E-state index contributed by atoms with van der Waals surface area (Å²) in [6, 6.07) is 13.4. The topological polar surface area (TPSA) is 43.1 Å². The fraction of sp³-hybridized carbons (Fsp3) is 0.143. The van der Waals surface area contributed by atoms with Crippen LogP contribution in [-0.4, -0.2) is 4.21 Å². The maximum Gasteiger partial charge on any atom is 0.0578 e. The normalized spacial score (nSPS) is 12.3. The standard InChI is InChI=1S/C14H14BrNOS/c1-10-13(16)7-4-8-14(10)18(17)9-11-5-2-3-6-12(11)15/h2-8H,9,16H2,1H3. The van der Waals surface area contributed by atoms with Gasteiger partial charge in [-0.05, 0) is 36.2 Å². The van der Waals surface area contributed by atoms with Gasteiger partial charge in [0.1, 0.15) is 0 Å². The van der Waals surface area contributed by atoms with Gasteiger partial charge in [-0.2, -0.15) is 0 Å². The summed E-state index contributed by atoms with van der Waals surface area (Å²) in [4.78, 5) is 0.811. The van der Waals surface area contributed by atoms with Gasteiger partial charge in [-0.1, -0.05) is 40.2 Å². The maximum absolute atomic E-state index is 12.4. The minimum absolute atomic E-state index is 0.492. The van der Waals surface area contributed by atoms with Crippen LogP contribution in [0.15, 0.2) is 51.8 Å². The predicted molar refractivity (Wildman–Crippen MR) is 79.8 cm³/mol. The molecular weight excluding hydrogens is 310 g/mol. The van der Waals surface area contributed by atoms with E-state index in [4.69, 9.17) is 5.73 Å². The highest BCUT2D eigenvalue weighted by Gasteiger charge is 2.11. The molecule has 0 heterocycles. The second-order valence-electron chi connectivity index (χ2n) is 4.05. The highest BCUT2D eigenvalue weighted by atomic mass is 79.9. The smallest absolute Gasteiger partial charge is 0.0578 e. The first kappa shape index (κ1) is 13.3. The van der Waals surface area contributed by atoms with Gasteiger partial charge >= 0.3 is 0 Å². The van der Waals surface area contributed by atoms with Gasteiger partial charge in [0.05, 0.1) is 16.6 Å². The van der Waals surface area contributed by atoms with Crippen molar-refractivity contribution in [3.05, 3.63) is 58.1 Å². The summed E-state index contributed by atoms with van der Waals surface area (Å²) in [6.07, 6.45) is 0. The molecule has 0 saturated heterocycles. The highest BCUT2D eigenvalue weighted by molar-refractivity contribution is 9.10. The van der Waals surface area contributed by atoms with Crippen LogP contribution in [0, 0.1) is 6.92 Å². The van der Waals surface area contributed by atoms with E-state index in [0.717, 1.165) is 20.5 Å². The second-order valence-corrected chi connectivity index (χ2v) is 6.33. The van der Waals surface area contributed by atoms with Gasteiger partial charge in [0.15, 0.2) is 0 Å². The zero-order valence-electron chi connectivity index (χ0n) is 10.0. The van der Waals surface area contributed by atoms with E-state index in [1.54, 1.807) is 0 Å². The lowest BCUT2D eigenvalue weighted by molar-refractivity contribution is 0.682. The van der Waals surface area contributed by atoms with Crippen molar-refractivity contribution < 1.29 is 4.21 Å². The minimum Gasteiger partial charge on any atom is -0.398 e. The summed E-state index contributed by atoms with van der Waals surface area (Å²) in [5.74, 6) is 0.492. The van der Waals surface area contributed by atoms with Gasteiger partial charge in [-0.15, -0.1) is 0 Å². The summed E-state index contributed by atoms with van der Waals surface area (Å²) >= 11 is 3.47. The van der Waals surface area contributed by atoms with Crippen LogP contribution >= 0.6 is 15.9 Å². The van der Waals surface area contributed by atoms with Crippen molar-refractivity contribution >= 4 is 32.4 Å². The molecule has 0 bridgehead atoms. The van der Waals surface area contributed by atoms with Gasteiger partial charge < -0.3 is 5.73 Å². The molecule has 1 atom stereocenters. The number of halogens is 1. The van der Waals surface area contributed by atoms with Crippen LogP contribution in [0.5, 0.6) is 0 Å². The average molecular weight is 324 g/mol. The highest BCUT2D eigenvalue weighted by Crippen LogP contribution is 2.24. The average Bonchev–Trinajstić information content (AvgIpc) is 2.35. The minimum atomic E-state index is -1.08. The second kappa shape index (κ2) is 5.67. The quantitative estimate of drug-likeness (QED) is 0.876. The van der Waals surface area contributed by atoms with Gasteiger partial charge in [-0.3, -0.25) is 4.21 Å². The molecule has 2 N–H and O–H groups in total. The molecule has 0 aliphatic rings. The van der Waals surface area contributed by atoms with Crippen molar-refractivity contribution in [2.75, 3.05) is 5.73 Å². The van der Waals surface area contributed by atoms with E-state index in [0.29, 0.717) is 11.4 Å². The summed E-state index contributed by atoms with van der Waals surface area (Å²) < 4.78 is 13.4. The maximum atomic E-state index is 12.4. The number of nitrogen functional groups attached to an aromatic ring is 1. The van der Waals surface area contributed by atoms with Crippen molar-refractivity contribution in [1.29, 1.82) is 0 Å². The third kappa shape index (κ3) is 2.82. The Labute approximate surface area is 118 Å². The van der Waals surface area contributed by atoms with Crippen LogP contribution in [0.2, 0.25) is 0 Å². The summed E-state index contributed by atoms with van der Waals surface area (Å²) in [5, 5.41) is 0. The molecule has 2 rings (SSSR count). The number of benzene rings is 2. The van der Waals surface area contributed by atoms with E-state index >= 15 is 0 Å². The number of rotatable bonds is 3. The molecule has 2 aromatic carbocycles. The van der Waals surface area contributed by atoms with Crippen molar-refractivity contribution in [1.82, 2.24) is 0 Å². The van der Waals surface area contributed by atoms with E-state index in [1.807, 2.05) is 49.4 Å². The molecule has 0 aromatic heterocycles. The van der Waals surface area contributed by atoms with E-state index in [2.05, 4.69) is 15.9 Å². The fourth-order valence-electron chi connectivity index (χ4n) is 1.71. The van der Waals surface area contributed by atoms with Crippen LogP contribution in [0.3, 0.4) is 0 Å². The molecule has 4 heteroatoms. The first-order valence-electron chi connectivity index (χ1n) is 5.56. The molecule has 0 spiro atoms. The Bertz CT molecular complexity index is 598. The van der Waals surface area contributed by atoms with Crippen LogP contribution in [0.25, 0.3) is 0 Å². The number of nitrogens with two attached hydrogens (primary N) is 1. The Morgan fingerprint density at radius 1 is 1.17 bits per heavy atom. The molecule has 0 aliphatic carbocycles. The molecule has 94 valence electrons. The molecule has 18 heavy (non-hydrogen) atoms. The number of hydrogen-bond donors (Lipinski definition) is 1. The Hall–Kier alpha value is -1.13. The molecular formula is C14H14BrNOS. The summed E-state index contributed by atoms with van der Waals surface area (Å²) in [5.41, 5.74) is 8.47. The molecule has 0 radical (unpaired) electrons. The zero-order valence-corrected chi connectivity index (χ0v) is 12.4. The third-order valence-electron chi connectivity index (χ3n) is 2.82. The van der Waals surface area contributed by atoms with E-state index in [-0.39, 0.29) is 0 Å². The zero-order chi connectivity index (χ0) is 13.1. The van der Waals surface area contributed by atoms with E-state index in [9.17, 15) is 4.21 Å². The first-order chi connectivity index (χ1) is 8.59. The molecule has 0 amide bonds. The van der Waals surface area contributed by atoms with Crippen LogP contribution in [-0.2, 0) is 16.6 Å². The van der Waals surface area contributed by atoms with Gasteiger partial charge in [0.25, 0.3) is 0 Å². The summed E-state index contributed by atoms with van der Waals surface area (Å²) in [7, 11) is -1.08. The van der Waals surface area contributed by atoms with Gasteiger partial charge in [0, 0.05) is 15.1 Å². The van der Waals surface area contributed by atoms with Gasteiger partial charge in [-0.25, -0.2) is 0 Å². The van der Waals surface area contributed by atoms with Crippen LogP contribution in [0.4, 0.5) is 5.69 Å². The van der Waals surface area contributed by atoms with Crippen LogP contribution < -0.4 is 5.73 Å². The molecule has 0 fully saturated rings. The molecule has 1 unspecified atom stereocenters. The molecule has 2 aromatic rings.